The highest BCUT2D eigenvalue weighted by Crippen LogP contribution is 2.16. The van der Waals surface area contributed by atoms with Crippen molar-refractivity contribution in [1.29, 1.82) is 0 Å². The molecular weight excluding hydrogens is 196 g/mol. The van der Waals surface area contributed by atoms with Gasteiger partial charge in [0.05, 0.1) is 6.61 Å². The lowest BCUT2D eigenvalue weighted by Crippen LogP contribution is -2.44. The third-order valence-electron chi connectivity index (χ3n) is 2.67. The minimum atomic E-state index is -0.883. The number of nitrogens with one attached hydrogen (secondary N) is 1. The lowest BCUT2D eigenvalue weighted by atomic mass is 10.0. The number of aliphatic hydroxyl groups is 1. The average molecular weight is 216 g/mol. The summed E-state index contributed by atoms with van der Waals surface area (Å²) in [6, 6.07) is -0.0977. The topological polar surface area (TPSA) is 84.6 Å². The lowest BCUT2D eigenvalue weighted by molar-refractivity contribution is -0.122. The SMILES string of the molecule is CCC(N)CC(=O)NCC1(O)CCOC1. The first-order chi connectivity index (χ1) is 7.06. The summed E-state index contributed by atoms with van der Waals surface area (Å²) < 4.78 is 5.07. The fourth-order valence-electron chi connectivity index (χ4n) is 1.45. The van der Waals surface area contributed by atoms with E-state index in [-0.39, 0.29) is 18.5 Å². The van der Waals surface area contributed by atoms with Crippen LogP contribution < -0.4 is 11.1 Å². The molecule has 4 N–H and O–H groups in total. The van der Waals surface area contributed by atoms with E-state index in [0.717, 1.165) is 6.42 Å². The van der Waals surface area contributed by atoms with Crippen molar-refractivity contribution in [3.05, 3.63) is 0 Å². The van der Waals surface area contributed by atoms with E-state index in [1.807, 2.05) is 6.92 Å². The van der Waals surface area contributed by atoms with Gasteiger partial charge in [-0.3, -0.25) is 4.79 Å². The minimum Gasteiger partial charge on any atom is -0.386 e. The van der Waals surface area contributed by atoms with Crippen molar-refractivity contribution in [3.8, 4) is 0 Å². The Hall–Kier alpha value is -0.650. The van der Waals surface area contributed by atoms with Gasteiger partial charge in [0.1, 0.15) is 5.60 Å². The number of ether oxygens (including phenoxy) is 1. The van der Waals surface area contributed by atoms with Crippen LogP contribution in [0, 0.1) is 0 Å². The molecule has 1 heterocycles. The molecule has 0 saturated carbocycles. The van der Waals surface area contributed by atoms with Crippen molar-refractivity contribution in [2.75, 3.05) is 19.8 Å². The summed E-state index contributed by atoms with van der Waals surface area (Å²) in [7, 11) is 0. The largest absolute Gasteiger partial charge is 0.386 e. The van der Waals surface area contributed by atoms with Gasteiger partial charge in [-0.1, -0.05) is 6.92 Å². The summed E-state index contributed by atoms with van der Waals surface area (Å²) in [5, 5.41) is 12.5. The molecule has 0 aliphatic carbocycles. The maximum atomic E-state index is 11.4. The maximum Gasteiger partial charge on any atom is 0.221 e. The summed E-state index contributed by atoms with van der Waals surface area (Å²) in [5.41, 5.74) is 4.76. The highest BCUT2D eigenvalue weighted by molar-refractivity contribution is 5.76. The van der Waals surface area contributed by atoms with E-state index in [9.17, 15) is 9.90 Å². The van der Waals surface area contributed by atoms with E-state index in [1.54, 1.807) is 0 Å². The average Bonchev–Trinajstić information content (AvgIpc) is 2.63. The Balaban J connectivity index is 2.21. The van der Waals surface area contributed by atoms with Gasteiger partial charge in [0.2, 0.25) is 5.91 Å². The molecule has 5 heteroatoms. The second-order valence-electron chi connectivity index (χ2n) is 4.18. The van der Waals surface area contributed by atoms with Gasteiger partial charge in [-0.25, -0.2) is 0 Å². The van der Waals surface area contributed by atoms with E-state index in [4.69, 9.17) is 10.5 Å². The monoisotopic (exact) mass is 216 g/mol. The molecule has 1 aliphatic heterocycles. The zero-order valence-electron chi connectivity index (χ0n) is 9.16. The fraction of sp³-hybridized carbons (Fsp3) is 0.900. The number of carbonyl (C=O) groups is 1. The molecule has 0 aromatic rings. The van der Waals surface area contributed by atoms with Crippen LogP contribution in [0.3, 0.4) is 0 Å². The fourth-order valence-corrected chi connectivity index (χ4v) is 1.45. The van der Waals surface area contributed by atoms with E-state index in [2.05, 4.69) is 5.32 Å². The summed E-state index contributed by atoms with van der Waals surface area (Å²) in [5.74, 6) is -0.107. The van der Waals surface area contributed by atoms with Gasteiger partial charge in [0.15, 0.2) is 0 Å². The minimum absolute atomic E-state index is 0.0977. The Morgan fingerprint density at radius 2 is 2.47 bits per heavy atom. The zero-order valence-corrected chi connectivity index (χ0v) is 9.16. The molecule has 0 bridgehead atoms. The molecule has 0 spiro atoms. The molecule has 0 aromatic carbocycles. The molecule has 88 valence electrons. The van der Waals surface area contributed by atoms with Crippen molar-refractivity contribution < 1.29 is 14.6 Å². The second kappa shape index (κ2) is 5.44. The molecule has 0 aromatic heterocycles. The van der Waals surface area contributed by atoms with Crippen LogP contribution in [0.15, 0.2) is 0 Å². The van der Waals surface area contributed by atoms with Crippen LogP contribution in [0.1, 0.15) is 26.2 Å². The first-order valence-corrected chi connectivity index (χ1v) is 5.38. The Labute approximate surface area is 90.0 Å². The Kier molecular flexibility index (Phi) is 4.50. The van der Waals surface area contributed by atoms with Crippen LogP contribution in [0.5, 0.6) is 0 Å². The van der Waals surface area contributed by atoms with Gasteiger partial charge in [0.25, 0.3) is 0 Å². The molecule has 1 saturated heterocycles. The normalized spacial score (nSPS) is 27.7. The summed E-state index contributed by atoms with van der Waals surface area (Å²) in [6.07, 6.45) is 1.67. The van der Waals surface area contributed by atoms with E-state index in [1.165, 1.54) is 0 Å². The molecule has 1 aliphatic rings. The summed E-state index contributed by atoms with van der Waals surface area (Å²) in [4.78, 5) is 11.4. The van der Waals surface area contributed by atoms with Crippen LogP contribution in [0.25, 0.3) is 0 Å². The predicted octanol–water partition coefficient (Wildman–Crippen LogP) is -0.619. The summed E-state index contributed by atoms with van der Waals surface area (Å²) in [6.45, 7) is 3.05. The third kappa shape index (κ3) is 4.15. The van der Waals surface area contributed by atoms with E-state index in [0.29, 0.717) is 26.1 Å². The van der Waals surface area contributed by atoms with Crippen molar-refractivity contribution in [1.82, 2.24) is 5.32 Å². The number of amides is 1. The van der Waals surface area contributed by atoms with Gasteiger partial charge in [0, 0.05) is 32.0 Å². The summed E-state index contributed by atoms with van der Waals surface area (Å²) >= 11 is 0. The zero-order chi connectivity index (χ0) is 11.3. The molecule has 2 atom stereocenters. The van der Waals surface area contributed by atoms with Crippen molar-refractivity contribution in [2.45, 2.75) is 37.8 Å². The van der Waals surface area contributed by atoms with Crippen LogP contribution >= 0.6 is 0 Å². The molecule has 1 fully saturated rings. The van der Waals surface area contributed by atoms with Gasteiger partial charge >= 0.3 is 0 Å². The first-order valence-electron chi connectivity index (χ1n) is 5.38. The smallest absolute Gasteiger partial charge is 0.221 e. The molecule has 15 heavy (non-hydrogen) atoms. The van der Waals surface area contributed by atoms with Crippen molar-refractivity contribution in [3.63, 3.8) is 0 Å². The first kappa shape index (κ1) is 12.4. The lowest BCUT2D eigenvalue weighted by Gasteiger charge is -2.21. The maximum absolute atomic E-state index is 11.4. The molecular formula is C10H20N2O3. The van der Waals surface area contributed by atoms with Crippen LogP contribution in [0.2, 0.25) is 0 Å². The Morgan fingerprint density at radius 1 is 1.73 bits per heavy atom. The van der Waals surface area contributed by atoms with Gasteiger partial charge in [-0.05, 0) is 6.42 Å². The molecule has 0 radical (unpaired) electrons. The molecule has 1 amide bonds. The standard InChI is InChI=1S/C10H20N2O3/c1-2-8(11)5-9(13)12-6-10(14)3-4-15-7-10/h8,14H,2-7,11H2,1H3,(H,12,13). The second-order valence-corrected chi connectivity index (χ2v) is 4.18. The molecule has 2 unspecified atom stereocenters. The third-order valence-corrected chi connectivity index (χ3v) is 2.67. The highest BCUT2D eigenvalue weighted by Gasteiger charge is 2.32. The molecule has 5 nitrogen and oxygen atoms in total. The molecule has 1 rings (SSSR count). The van der Waals surface area contributed by atoms with E-state index >= 15 is 0 Å². The number of hydrogen-bond acceptors (Lipinski definition) is 4. The van der Waals surface area contributed by atoms with Crippen LogP contribution in [-0.4, -0.2) is 42.4 Å². The number of rotatable bonds is 5. The van der Waals surface area contributed by atoms with Gasteiger partial charge in [-0.15, -0.1) is 0 Å². The predicted molar refractivity (Wildman–Crippen MR) is 56.3 cm³/mol. The number of hydrogen-bond donors (Lipinski definition) is 3. The van der Waals surface area contributed by atoms with Crippen LogP contribution in [-0.2, 0) is 9.53 Å². The van der Waals surface area contributed by atoms with Crippen molar-refractivity contribution in [2.24, 2.45) is 5.73 Å². The number of carbonyl (C=O) groups excluding carboxylic acids is 1. The van der Waals surface area contributed by atoms with E-state index < -0.39 is 5.60 Å². The Bertz CT molecular complexity index is 215. The van der Waals surface area contributed by atoms with Gasteiger partial charge in [-0.2, -0.15) is 0 Å². The van der Waals surface area contributed by atoms with Crippen molar-refractivity contribution >= 4 is 5.91 Å². The van der Waals surface area contributed by atoms with Gasteiger partial charge < -0.3 is 20.9 Å². The van der Waals surface area contributed by atoms with Crippen LogP contribution in [0.4, 0.5) is 0 Å². The Morgan fingerprint density at radius 3 is 3.00 bits per heavy atom. The number of nitrogens with two attached hydrogens (primary N) is 1. The quantitative estimate of drug-likeness (QED) is 0.572. The highest BCUT2D eigenvalue weighted by atomic mass is 16.5.